The Morgan fingerprint density at radius 1 is 1.00 bits per heavy atom. The molecule has 172 valence electrons. The summed E-state index contributed by atoms with van der Waals surface area (Å²) in [7, 11) is -4.15. The molecule has 0 amide bonds. The van der Waals surface area contributed by atoms with Crippen LogP contribution in [0.25, 0.3) is 0 Å². The third-order valence-corrected chi connectivity index (χ3v) is 6.40. The molecular weight excluding hydrogens is 440 g/mol. The minimum absolute atomic E-state index is 0.141. The lowest BCUT2D eigenvalue weighted by Crippen LogP contribution is -2.16. The van der Waals surface area contributed by atoms with Gasteiger partial charge in [0.25, 0.3) is 15.7 Å². The molecule has 0 aromatic heterocycles. The van der Waals surface area contributed by atoms with Gasteiger partial charge < -0.3 is 0 Å². The van der Waals surface area contributed by atoms with Gasteiger partial charge in [-0.1, -0.05) is 61.4 Å². The van der Waals surface area contributed by atoms with E-state index in [1.54, 1.807) is 19.1 Å². The van der Waals surface area contributed by atoms with Crippen LogP contribution in [0.3, 0.4) is 0 Å². The summed E-state index contributed by atoms with van der Waals surface area (Å²) in [4.78, 5) is 10.4. The zero-order valence-electron chi connectivity index (χ0n) is 18.7. The van der Waals surface area contributed by atoms with Gasteiger partial charge in [0.05, 0.1) is 22.0 Å². The van der Waals surface area contributed by atoms with Gasteiger partial charge in [-0.2, -0.15) is 5.10 Å². The first-order valence-electron chi connectivity index (χ1n) is 10.5. The molecule has 0 fully saturated rings. The molecule has 0 aliphatic heterocycles. The maximum atomic E-state index is 13.3. The van der Waals surface area contributed by atoms with Crippen molar-refractivity contribution >= 4 is 32.8 Å². The number of hydrazone groups is 1. The highest BCUT2D eigenvalue weighted by Crippen LogP contribution is 2.29. The number of non-ortho nitro benzene ring substituents is 1. The highest BCUT2D eigenvalue weighted by molar-refractivity contribution is 7.92. The molecule has 0 saturated carbocycles. The molecule has 3 rings (SSSR count). The van der Waals surface area contributed by atoms with Gasteiger partial charge >= 0.3 is 0 Å². The average Bonchev–Trinajstić information content (AvgIpc) is 2.79. The van der Waals surface area contributed by atoms with E-state index in [1.165, 1.54) is 12.1 Å². The molecule has 3 aromatic carbocycles. The molecule has 0 unspecified atom stereocenters. The van der Waals surface area contributed by atoms with Crippen LogP contribution in [-0.2, 0) is 10.0 Å². The highest BCUT2D eigenvalue weighted by atomic mass is 32.2. The normalized spacial score (nSPS) is 11.8. The maximum Gasteiger partial charge on any atom is 0.270 e. The third-order valence-electron chi connectivity index (χ3n) is 5.00. The summed E-state index contributed by atoms with van der Waals surface area (Å²) in [6, 6.07) is 18.5. The van der Waals surface area contributed by atoms with Gasteiger partial charge in [-0.05, 0) is 43.5 Å². The van der Waals surface area contributed by atoms with Crippen molar-refractivity contribution in [2.24, 2.45) is 5.10 Å². The fourth-order valence-electron chi connectivity index (χ4n) is 3.33. The monoisotopic (exact) mass is 466 g/mol. The molecule has 33 heavy (non-hydrogen) atoms. The quantitative estimate of drug-likeness (QED) is 0.241. The molecule has 0 spiro atoms. The first kappa shape index (κ1) is 23.9. The molecule has 9 heteroatoms. The van der Waals surface area contributed by atoms with Crippen molar-refractivity contribution in [3.8, 4) is 0 Å². The fraction of sp³-hybridized carbons (Fsp3) is 0.208. The Balaban J connectivity index is 2.03. The van der Waals surface area contributed by atoms with Gasteiger partial charge in [-0.3, -0.25) is 20.3 Å². The molecule has 0 radical (unpaired) electrons. The number of hydrogen-bond donors (Lipinski definition) is 2. The molecule has 3 aromatic rings. The molecule has 0 heterocycles. The van der Waals surface area contributed by atoms with Gasteiger partial charge in [0.2, 0.25) is 0 Å². The molecule has 0 bridgehead atoms. The van der Waals surface area contributed by atoms with E-state index in [-0.39, 0.29) is 16.3 Å². The van der Waals surface area contributed by atoms with Crippen molar-refractivity contribution in [2.45, 2.75) is 38.5 Å². The number of anilines is 2. The van der Waals surface area contributed by atoms with Crippen LogP contribution in [-0.4, -0.2) is 19.1 Å². The van der Waals surface area contributed by atoms with Crippen LogP contribution in [0.5, 0.6) is 0 Å². The predicted molar refractivity (Wildman–Crippen MR) is 131 cm³/mol. The zero-order chi connectivity index (χ0) is 24.0. The standard InChI is InChI=1S/C24H26N4O4S/c1-4-8-22(19-9-6-5-7-10-19)25-26-23-14-12-20(28(29)30)16-24(23)33(31,32)27-21-13-11-17(2)15-18(21)3/h5-7,9-16,26-27H,4,8H2,1-3H3/b25-22+. The average molecular weight is 467 g/mol. The first-order valence-corrected chi connectivity index (χ1v) is 12.0. The van der Waals surface area contributed by atoms with E-state index in [9.17, 15) is 18.5 Å². The molecule has 8 nitrogen and oxygen atoms in total. The predicted octanol–water partition coefficient (Wildman–Crippen LogP) is 5.63. The topological polar surface area (TPSA) is 114 Å². The van der Waals surface area contributed by atoms with Crippen LogP contribution in [0.1, 0.15) is 36.5 Å². The molecule has 2 N–H and O–H groups in total. The smallest absolute Gasteiger partial charge is 0.270 e. The van der Waals surface area contributed by atoms with Gasteiger partial charge in [-0.15, -0.1) is 0 Å². The van der Waals surface area contributed by atoms with Crippen LogP contribution in [0, 0.1) is 24.0 Å². The van der Waals surface area contributed by atoms with Crippen molar-refractivity contribution in [2.75, 3.05) is 10.1 Å². The van der Waals surface area contributed by atoms with E-state index in [1.807, 2.05) is 50.2 Å². The van der Waals surface area contributed by atoms with E-state index < -0.39 is 14.9 Å². The van der Waals surface area contributed by atoms with Crippen LogP contribution < -0.4 is 10.1 Å². The second-order valence-corrected chi connectivity index (χ2v) is 9.30. The van der Waals surface area contributed by atoms with E-state index >= 15 is 0 Å². The van der Waals surface area contributed by atoms with E-state index in [0.717, 1.165) is 34.9 Å². The van der Waals surface area contributed by atoms with Gasteiger partial charge in [0.1, 0.15) is 4.90 Å². The summed E-state index contributed by atoms with van der Waals surface area (Å²) < 4.78 is 29.0. The zero-order valence-corrected chi connectivity index (χ0v) is 19.5. The number of benzene rings is 3. The summed E-state index contributed by atoms with van der Waals surface area (Å²) >= 11 is 0. The SMILES string of the molecule is CCC/C(=N\Nc1ccc([N+](=O)[O-])cc1S(=O)(=O)Nc1ccc(C)cc1C)c1ccccc1. The summed E-state index contributed by atoms with van der Waals surface area (Å²) in [5, 5.41) is 15.8. The minimum atomic E-state index is -4.15. The first-order chi connectivity index (χ1) is 15.7. The van der Waals surface area contributed by atoms with Crippen molar-refractivity contribution in [3.05, 3.63) is 93.5 Å². The number of hydrogen-bond acceptors (Lipinski definition) is 6. The minimum Gasteiger partial charge on any atom is -0.279 e. The number of nitrogens with zero attached hydrogens (tertiary/aromatic N) is 2. The fourth-order valence-corrected chi connectivity index (χ4v) is 4.63. The lowest BCUT2D eigenvalue weighted by Gasteiger charge is -2.14. The molecule has 0 atom stereocenters. The van der Waals surface area contributed by atoms with Crippen LogP contribution in [0.2, 0.25) is 0 Å². The summed E-state index contributed by atoms with van der Waals surface area (Å²) in [5.74, 6) is 0. The van der Waals surface area contributed by atoms with Crippen molar-refractivity contribution < 1.29 is 13.3 Å². The second-order valence-electron chi connectivity index (χ2n) is 7.65. The largest absolute Gasteiger partial charge is 0.279 e. The number of rotatable bonds is 9. The number of aryl methyl sites for hydroxylation is 2. The third kappa shape index (κ3) is 5.95. The number of nitro groups is 1. The summed E-state index contributed by atoms with van der Waals surface area (Å²) in [6.45, 7) is 5.72. The number of sulfonamides is 1. The lowest BCUT2D eigenvalue weighted by atomic mass is 10.1. The van der Waals surface area contributed by atoms with Crippen LogP contribution >= 0.6 is 0 Å². The van der Waals surface area contributed by atoms with E-state index in [4.69, 9.17) is 0 Å². The van der Waals surface area contributed by atoms with Gasteiger partial charge in [0.15, 0.2) is 0 Å². The molecular formula is C24H26N4O4S. The van der Waals surface area contributed by atoms with Gasteiger partial charge in [-0.25, -0.2) is 8.42 Å². The van der Waals surface area contributed by atoms with Crippen molar-refractivity contribution in [1.29, 1.82) is 0 Å². The van der Waals surface area contributed by atoms with E-state index in [0.29, 0.717) is 12.1 Å². The van der Waals surface area contributed by atoms with Crippen molar-refractivity contribution in [1.82, 2.24) is 0 Å². The summed E-state index contributed by atoms with van der Waals surface area (Å²) in [5.41, 5.74) is 6.43. The highest BCUT2D eigenvalue weighted by Gasteiger charge is 2.23. The molecule has 0 saturated heterocycles. The number of nitrogens with one attached hydrogen (secondary N) is 2. The Kier molecular flexibility index (Phi) is 7.44. The van der Waals surface area contributed by atoms with Crippen LogP contribution in [0.15, 0.2) is 76.7 Å². The molecule has 0 aliphatic rings. The van der Waals surface area contributed by atoms with E-state index in [2.05, 4.69) is 15.2 Å². The molecule has 0 aliphatic carbocycles. The number of nitro benzene ring substituents is 1. The Morgan fingerprint density at radius 3 is 2.33 bits per heavy atom. The Hall–Kier alpha value is -3.72. The lowest BCUT2D eigenvalue weighted by molar-refractivity contribution is -0.385. The Bertz CT molecular complexity index is 1290. The van der Waals surface area contributed by atoms with Crippen molar-refractivity contribution in [3.63, 3.8) is 0 Å². The van der Waals surface area contributed by atoms with Gasteiger partial charge in [0, 0.05) is 12.1 Å². The maximum absolute atomic E-state index is 13.3. The second kappa shape index (κ2) is 10.3. The Labute approximate surface area is 193 Å². The Morgan fingerprint density at radius 2 is 1.70 bits per heavy atom. The van der Waals surface area contributed by atoms with Crippen LogP contribution in [0.4, 0.5) is 17.1 Å². The summed E-state index contributed by atoms with van der Waals surface area (Å²) in [6.07, 6.45) is 1.52.